The summed E-state index contributed by atoms with van der Waals surface area (Å²) in [6.07, 6.45) is 3.56. The van der Waals surface area contributed by atoms with Crippen molar-refractivity contribution in [3.8, 4) is 0 Å². The van der Waals surface area contributed by atoms with Crippen molar-refractivity contribution >= 4 is 50.8 Å². The first-order chi connectivity index (χ1) is 7.65. The molecule has 0 saturated heterocycles. The second kappa shape index (κ2) is 5.23. The van der Waals surface area contributed by atoms with Gasteiger partial charge >= 0.3 is 0 Å². The highest BCUT2D eigenvalue weighted by atomic mass is 127. The second-order valence-electron chi connectivity index (χ2n) is 3.03. The molecule has 0 aliphatic heterocycles. The van der Waals surface area contributed by atoms with Crippen LogP contribution >= 0.6 is 45.7 Å². The van der Waals surface area contributed by atoms with Gasteiger partial charge in [-0.1, -0.05) is 11.3 Å². The number of hydrogen-bond acceptors (Lipinski definition) is 7. The van der Waals surface area contributed by atoms with E-state index in [9.17, 15) is 0 Å². The fourth-order valence-corrected chi connectivity index (χ4v) is 2.70. The van der Waals surface area contributed by atoms with Crippen molar-refractivity contribution in [2.75, 3.05) is 19.0 Å². The summed E-state index contributed by atoms with van der Waals surface area (Å²) in [5, 5.41) is 9.69. The Bertz CT molecular complexity index is 470. The quantitative estimate of drug-likeness (QED) is 0.614. The zero-order chi connectivity index (χ0) is 11.5. The average Bonchev–Trinajstić information content (AvgIpc) is 2.70. The lowest BCUT2D eigenvalue weighted by Crippen LogP contribution is -2.07. The molecule has 0 fully saturated rings. The molecular weight excluding hydrogens is 357 g/mol. The van der Waals surface area contributed by atoms with Crippen molar-refractivity contribution in [3.63, 3.8) is 0 Å². The maximum Gasteiger partial charge on any atom is 0.208 e. The van der Waals surface area contributed by atoms with Crippen LogP contribution in [0.3, 0.4) is 0 Å². The van der Waals surface area contributed by atoms with Gasteiger partial charge in [-0.2, -0.15) is 0 Å². The molecule has 84 valence electrons. The molecule has 0 aliphatic carbocycles. The van der Waals surface area contributed by atoms with Crippen molar-refractivity contribution in [2.45, 2.75) is 9.50 Å². The fourth-order valence-electron chi connectivity index (χ4n) is 0.856. The number of anilines is 1. The molecule has 0 N–H and O–H groups in total. The molecule has 5 nitrogen and oxygen atoms in total. The van der Waals surface area contributed by atoms with E-state index in [2.05, 4.69) is 42.8 Å². The van der Waals surface area contributed by atoms with Gasteiger partial charge in [-0.3, -0.25) is 0 Å². The molecule has 0 atom stereocenters. The van der Waals surface area contributed by atoms with Gasteiger partial charge in [-0.25, -0.2) is 9.97 Å². The predicted molar refractivity (Wildman–Crippen MR) is 73.1 cm³/mol. The minimum atomic E-state index is 0.696. The van der Waals surface area contributed by atoms with Gasteiger partial charge in [0.2, 0.25) is 5.13 Å². The van der Waals surface area contributed by atoms with Crippen LogP contribution in [-0.4, -0.2) is 34.3 Å². The third-order valence-electron chi connectivity index (χ3n) is 1.55. The van der Waals surface area contributed by atoms with Gasteiger partial charge in [0.05, 0.1) is 0 Å². The van der Waals surface area contributed by atoms with Crippen molar-refractivity contribution in [3.05, 3.63) is 16.0 Å². The van der Waals surface area contributed by atoms with Gasteiger partial charge in [0, 0.05) is 30.1 Å². The van der Waals surface area contributed by atoms with E-state index in [1.54, 1.807) is 12.4 Å². The topological polar surface area (TPSA) is 54.8 Å². The Morgan fingerprint density at radius 2 is 1.94 bits per heavy atom. The molecule has 0 spiro atoms. The van der Waals surface area contributed by atoms with E-state index in [4.69, 9.17) is 0 Å². The first-order valence-electron chi connectivity index (χ1n) is 4.31. The normalized spacial score (nSPS) is 10.4. The van der Waals surface area contributed by atoms with E-state index in [1.165, 1.54) is 23.1 Å². The van der Waals surface area contributed by atoms with E-state index in [1.807, 2.05) is 19.0 Å². The van der Waals surface area contributed by atoms with Crippen LogP contribution in [0, 0.1) is 3.57 Å². The summed E-state index contributed by atoms with van der Waals surface area (Å²) in [5.41, 5.74) is 0. The van der Waals surface area contributed by atoms with Crippen molar-refractivity contribution in [1.29, 1.82) is 0 Å². The summed E-state index contributed by atoms with van der Waals surface area (Å²) in [6, 6.07) is 0. The van der Waals surface area contributed by atoms with Gasteiger partial charge in [0.25, 0.3) is 0 Å². The maximum absolute atomic E-state index is 4.20. The fraction of sp³-hybridized carbons (Fsp3) is 0.250. The molecule has 0 radical (unpaired) electrons. The van der Waals surface area contributed by atoms with Crippen LogP contribution < -0.4 is 4.90 Å². The van der Waals surface area contributed by atoms with E-state index >= 15 is 0 Å². The molecule has 0 saturated carbocycles. The number of halogens is 1. The Morgan fingerprint density at radius 1 is 1.25 bits per heavy atom. The lowest BCUT2D eigenvalue weighted by Gasteiger charge is -2.03. The van der Waals surface area contributed by atoms with Crippen LogP contribution in [-0.2, 0) is 0 Å². The Labute approximate surface area is 115 Å². The number of rotatable bonds is 3. The smallest absolute Gasteiger partial charge is 0.208 e. The zero-order valence-electron chi connectivity index (χ0n) is 8.59. The summed E-state index contributed by atoms with van der Waals surface area (Å²) in [4.78, 5) is 10.3. The average molecular weight is 365 g/mol. The molecule has 2 rings (SSSR count). The maximum atomic E-state index is 4.20. The van der Waals surface area contributed by atoms with Crippen molar-refractivity contribution in [1.82, 2.24) is 20.2 Å². The summed E-state index contributed by atoms with van der Waals surface area (Å²) in [5.74, 6) is 0. The van der Waals surface area contributed by atoms with E-state index in [0.717, 1.165) is 13.0 Å². The van der Waals surface area contributed by atoms with Gasteiger partial charge in [0.1, 0.15) is 0 Å². The number of aromatic nitrogens is 4. The molecule has 8 heteroatoms. The molecule has 2 aromatic rings. The summed E-state index contributed by atoms with van der Waals surface area (Å²) in [7, 11) is 3.88. The Kier molecular flexibility index (Phi) is 3.92. The van der Waals surface area contributed by atoms with Gasteiger partial charge in [-0.05, 0) is 34.4 Å². The molecule has 0 aliphatic rings. The molecule has 16 heavy (non-hydrogen) atoms. The van der Waals surface area contributed by atoms with Crippen LogP contribution in [0.1, 0.15) is 0 Å². The molecule has 2 aromatic heterocycles. The van der Waals surface area contributed by atoms with Crippen molar-refractivity contribution < 1.29 is 0 Å². The Morgan fingerprint density at radius 3 is 2.50 bits per heavy atom. The van der Waals surface area contributed by atoms with Crippen LogP contribution in [0.2, 0.25) is 0 Å². The second-order valence-corrected chi connectivity index (χ2v) is 6.45. The largest absolute Gasteiger partial charge is 0.353 e. The highest BCUT2D eigenvalue weighted by Gasteiger charge is 2.08. The summed E-state index contributed by atoms with van der Waals surface area (Å²) in [6.45, 7) is 0. The van der Waals surface area contributed by atoms with Crippen molar-refractivity contribution in [2.24, 2.45) is 0 Å². The minimum absolute atomic E-state index is 0.696. The van der Waals surface area contributed by atoms with Gasteiger partial charge in [0.15, 0.2) is 9.50 Å². The minimum Gasteiger partial charge on any atom is -0.353 e. The Hall–Kier alpha value is -0.480. The third kappa shape index (κ3) is 3.01. The van der Waals surface area contributed by atoms with E-state index in [0.29, 0.717) is 5.16 Å². The molecule has 0 bridgehead atoms. The molecule has 0 amide bonds. The van der Waals surface area contributed by atoms with Gasteiger partial charge in [-0.15, -0.1) is 10.2 Å². The van der Waals surface area contributed by atoms with Crippen LogP contribution in [0.5, 0.6) is 0 Å². The molecule has 0 aromatic carbocycles. The standard InChI is InChI=1S/C8H8IN5S2/c1-14(2)7-12-13-8(16-7)15-6-10-3-5(9)4-11-6/h3-4H,1-2H3. The SMILES string of the molecule is CN(C)c1nnc(Sc2ncc(I)cn2)s1. The van der Waals surface area contributed by atoms with Crippen LogP contribution in [0.4, 0.5) is 5.13 Å². The highest BCUT2D eigenvalue weighted by Crippen LogP contribution is 2.30. The van der Waals surface area contributed by atoms with E-state index < -0.39 is 0 Å². The molecule has 0 unspecified atom stereocenters. The number of nitrogens with zero attached hydrogens (tertiary/aromatic N) is 5. The molecule has 2 heterocycles. The van der Waals surface area contributed by atoms with Crippen LogP contribution in [0.25, 0.3) is 0 Å². The third-order valence-corrected chi connectivity index (χ3v) is 4.15. The number of hydrogen-bond donors (Lipinski definition) is 0. The summed E-state index contributed by atoms with van der Waals surface area (Å²) >= 11 is 5.13. The lowest BCUT2D eigenvalue weighted by atomic mass is 10.7. The monoisotopic (exact) mass is 365 g/mol. The Balaban J connectivity index is 2.11. The lowest BCUT2D eigenvalue weighted by molar-refractivity contribution is 0.940. The van der Waals surface area contributed by atoms with Crippen LogP contribution in [0.15, 0.2) is 21.9 Å². The van der Waals surface area contributed by atoms with E-state index in [-0.39, 0.29) is 0 Å². The zero-order valence-corrected chi connectivity index (χ0v) is 12.4. The first kappa shape index (κ1) is 12.0. The highest BCUT2D eigenvalue weighted by molar-refractivity contribution is 14.1. The molecular formula is C8H8IN5S2. The van der Waals surface area contributed by atoms with Gasteiger partial charge < -0.3 is 4.90 Å². The summed E-state index contributed by atoms with van der Waals surface area (Å²) < 4.78 is 1.87. The first-order valence-corrected chi connectivity index (χ1v) is 7.02. The predicted octanol–water partition coefficient (Wildman–Crippen LogP) is 2.15.